The smallest absolute Gasteiger partial charge is 0.177 e. The maximum absolute atomic E-state index is 12.5. The van der Waals surface area contributed by atoms with Crippen molar-refractivity contribution < 1.29 is 9.53 Å². The second-order valence-electron chi connectivity index (χ2n) is 5.41. The standard InChI is InChI=1S/C21H21BrO2/c1-3-8-17(9-7-14-22)15-20(23)16(2)24-21-13-6-11-18-10-4-5-12-19(18)21/h3-13,16H,1,14-15H2,2H3/b9-7-,17-8+. The van der Waals surface area contributed by atoms with E-state index in [1.54, 1.807) is 13.0 Å². The van der Waals surface area contributed by atoms with Gasteiger partial charge in [0.15, 0.2) is 11.9 Å². The highest BCUT2D eigenvalue weighted by Gasteiger charge is 2.16. The summed E-state index contributed by atoms with van der Waals surface area (Å²) in [5.74, 6) is 0.773. The molecule has 2 aromatic carbocycles. The average molecular weight is 385 g/mol. The van der Waals surface area contributed by atoms with Crippen molar-refractivity contribution in [2.75, 3.05) is 5.33 Å². The summed E-state index contributed by atoms with van der Waals surface area (Å²) < 4.78 is 5.94. The zero-order valence-corrected chi connectivity index (χ0v) is 15.3. The maximum Gasteiger partial charge on any atom is 0.177 e. The molecule has 0 aliphatic heterocycles. The molecular formula is C21H21BrO2. The van der Waals surface area contributed by atoms with Gasteiger partial charge in [-0.05, 0) is 23.9 Å². The third kappa shape index (κ3) is 4.93. The van der Waals surface area contributed by atoms with Crippen molar-refractivity contribution in [1.29, 1.82) is 0 Å². The lowest BCUT2D eigenvalue weighted by Gasteiger charge is -2.15. The van der Waals surface area contributed by atoms with Crippen molar-refractivity contribution in [3.05, 3.63) is 78.9 Å². The van der Waals surface area contributed by atoms with Crippen molar-refractivity contribution in [1.82, 2.24) is 0 Å². The molecule has 0 N–H and O–H groups in total. The molecule has 0 aliphatic rings. The van der Waals surface area contributed by atoms with Crippen LogP contribution < -0.4 is 4.74 Å². The first-order chi connectivity index (χ1) is 11.7. The van der Waals surface area contributed by atoms with E-state index in [1.807, 2.05) is 60.7 Å². The van der Waals surface area contributed by atoms with Gasteiger partial charge < -0.3 is 4.74 Å². The van der Waals surface area contributed by atoms with Crippen LogP contribution >= 0.6 is 15.9 Å². The number of allylic oxidation sites excluding steroid dienone is 5. The molecule has 2 rings (SSSR count). The summed E-state index contributed by atoms with van der Waals surface area (Å²) in [5, 5.41) is 2.86. The van der Waals surface area contributed by atoms with Crippen LogP contribution in [0.5, 0.6) is 5.75 Å². The molecule has 0 aromatic heterocycles. The number of ether oxygens (including phenoxy) is 1. The number of alkyl halides is 1. The molecule has 0 bridgehead atoms. The van der Waals surface area contributed by atoms with Gasteiger partial charge in [-0.3, -0.25) is 4.79 Å². The Labute approximate surface area is 151 Å². The van der Waals surface area contributed by atoms with Crippen molar-refractivity contribution in [2.24, 2.45) is 0 Å². The van der Waals surface area contributed by atoms with E-state index < -0.39 is 6.10 Å². The Kier molecular flexibility index (Phi) is 7.01. The molecule has 3 heteroatoms. The van der Waals surface area contributed by atoms with Gasteiger partial charge in [-0.25, -0.2) is 0 Å². The number of hydrogen-bond acceptors (Lipinski definition) is 2. The fourth-order valence-electron chi connectivity index (χ4n) is 2.42. The molecule has 1 unspecified atom stereocenters. The van der Waals surface area contributed by atoms with Crippen LogP contribution in [0.2, 0.25) is 0 Å². The first-order valence-electron chi connectivity index (χ1n) is 7.87. The maximum atomic E-state index is 12.5. The number of ketones is 1. The van der Waals surface area contributed by atoms with Gasteiger partial charge in [-0.15, -0.1) is 0 Å². The molecule has 24 heavy (non-hydrogen) atoms. The van der Waals surface area contributed by atoms with E-state index in [1.165, 1.54) is 0 Å². The summed E-state index contributed by atoms with van der Waals surface area (Å²) in [6.07, 6.45) is 7.24. The fourth-order valence-corrected chi connectivity index (χ4v) is 2.61. The van der Waals surface area contributed by atoms with Crippen LogP contribution in [-0.2, 0) is 4.79 Å². The zero-order valence-electron chi connectivity index (χ0n) is 13.7. The highest BCUT2D eigenvalue weighted by atomic mass is 79.9. The van der Waals surface area contributed by atoms with Gasteiger partial charge in [-0.2, -0.15) is 0 Å². The average Bonchev–Trinajstić information content (AvgIpc) is 2.60. The van der Waals surface area contributed by atoms with E-state index in [9.17, 15) is 4.79 Å². The minimum Gasteiger partial charge on any atom is -0.482 e. The van der Waals surface area contributed by atoms with Crippen LogP contribution in [0.1, 0.15) is 13.3 Å². The van der Waals surface area contributed by atoms with Crippen LogP contribution in [0.25, 0.3) is 10.8 Å². The van der Waals surface area contributed by atoms with E-state index in [-0.39, 0.29) is 5.78 Å². The molecule has 0 spiro atoms. The SMILES string of the molecule is C=C/C=C(\C=C/CBr)CC(=O)C(C)Oc1cccc2ccccc12. The van der Waals surface area contributed by atoms with Gasteiger partial charge in [-0.1, -0.05) is 83.2 Å². The lowest BCUT2D eigenvalue weighted by molar-refractivity contribution is -0.124. The lowest BCUT2D eigenvalue weighted by Crippen LogP contribution is -2.24. The Hall–Kier alpha value is -2.13. The lowest BCUT2D eigenvalue weighted by atomic mass is 10.0. The van der Waals surface area contributed by atoms with Crippen LogP contribution in [-0.4, -0.2) is 17.2 Å². The first kappa shape index (κ1) is 18.2. The number of carbonyl (C=O) groups is 1. The summed E-state index contributed by atoms with van der Waals surface area (Å²) in [4.78, 5) is 12.5. The summed E-state index contributed by atoms with van der Waals surface area (Å²) in [6, 6.07) is 13.9. The van der Waals surface area contributed by atoms with E-state index in [2.05, 4.69) is 22.5 Å². The van der Waals surface area contributed by atoms with E-state index >= 15 is 0 Å². The monoisotopic (exact) mass is 384 g/mol. The Morgan fingerprint density at radius 1 is 1.25 bits per heavy atom. The molecule has 0 radical (unpaired) electrons. The number of hydrogen-bond donors (Lipinski definition) is 0. The number of carbonyl (C=O) groups excluding carboxylic acids is 1. The first-order valence-corrected chi connectivity index (χ1v) is 8.99. The molecule has 0 amide bonds. The van der Waals surface area contributed by atoms with Gasteiger partial charge >= 0.3 is 0 Å². The number of Topliss-reactive ketones (excluding diaryl/α,β-unsaturated/α-hetero) is 1. The minimum absolute atomic E-state index is 0.0373. The highest BCUT2D eigenvalue weighted by molar-refractivity contribution is 9.09. The van der Waals surface area contributed by atoms with Crippen LogP contribution in [0.15, 0.2) is 78.9 Å². The molecule has 0 aliphatic carbocycles. The van der Waals surface area contributed by atoms with Crippen molar-refractivity contribution in [3.8, 4) is 5.75 Å². The second-order valence-corrected chi connectivity index (χ2v) is 6.06. The predicted octanol–water partition coefficient (Wildman–Crippen LogP) is 5.63. The van der Waals surface area contributed by atoms with Crippen molar-refractivity contribution >= 4 is 32.5 Å². The summed E-state index contributed by atoms with van der Waals surface area (Å²) in [7, 11) is 0. The topological polar surface area (TPSA) is 26.3 Å². The molecule has 0 saturated heterocycles. The summed E-state index contributed by atoms with van der Waals surface area (Å²) in [5.41, 5.74) is 0.919. The highest BCUT2D eigenvalue weighted by Crippen LogP contribution is 2.26. The number of halogens is 1. The van der Waals surface area contributed by atoms with Gasteiger partial charge in [0.25, 0.3) is 0 Å². The Balaban J connectivity index is 2.12. The van der Waals surface area contributed by atoms with Crippen molar-refractivity contribution in [3.63, 3.8) is 0 Å². The molecular weight excluding hydrogens is 364 g/mol. The third-order valence-corrected chi connectivity index (χ3v) is 4.01. The molecule has 0 heterocycles. The zero-order chi connectivity index (χ0) is 17.4. The van der Waals surface area contributed by atoms with Crippen LogP contribution in [0.3, 0.4) is 0 Å². The number of benzene rings is 2. The summed E-state index contributed by atoms with van der Waals surface area (Å²) in [6.45, 7) is 5.49. The van der Waals surface area contributed by atoms with Gasteiger partial charge in [0, 0.05) is 17.1 Å². The quantitative estimate of drug-likeness (QED) is 0.435. The Morgan fingerprint density at radius 3 is 2.75 bits per heavy atom. The number of rotatable bonds is 8. The second kappa shape index (κ2) is 9.24. The Morgan fingerprint density at radius 2 is 2.00 bits per heavy atom. The van der Waals surface area contributed by atoms with E-state index in [4.69, 9.17) is 4.74 Å². The van der Waals surface area contributed by atoms with Gasteiger partial charge in [0.1, 0.15) is 5.75 Å². The summed E-state index contributed by atoms with van der Waals surface area (Å²) >= 11 is 3.34. The number of fused-ring (bicyclic) bond motifs is 1. The van der Waals surface area contributed by atoms with Crippen LogP contribution in [0.4, 0.5) is 0 Å². The minimum atomic E-state index is -0.513. The van der Waals surface area contributed by atoms with Crippen molar-refractivity contribution in [2.45, 2.75) is 19.4 Å². The normalized spacial score (nSPS) is 13.2. The predicted molar refractivity (Wildman–Crippen MR) is 105 cm³/mol. The van der Waals surface area contributed by atoms with E-state index in [0.717, 1.165) is 27.4 Å². The van der Waals surface area contributed by atoms with Crippen LogP contribution in [0, 0.1) is 0 Å². The molecule has 0 fully saturated rings. The Bertz CT molecular complexity index is 769. The molecule has 1 atom stereocenters. The van der Waals surface area contributed by atoms with Gasteiger partial charge in [0.05, 0.1) is 0 Å². The molecule has 2 nitrogen and oxygen atoms in total. The molecule has 2 aromatic rings. The van der Waals surface area contributed by atoms with E-state index in [0.29, 0.717) is 6.42 Å². The van der Waals surface area contributed by atoms with Gasteiger partial charge in [0.2, 0.25) is 0 Å². The molecule has 0 saturated carbocycles. The molecule has 124 valence electrons. The fraction of sp³-hybridized carbons (Fsp3) is 0.190. The largest absolute Gasteiger partial charge is 0.482 e. The third-order valence-electron chi connectivity index (χ3n) is 3.64.